The average molecular weight is 366 g/mol. The van der Waals surface area contributed by atoms with Gasteiger partial charge in [-0.1, -0.05) is 6.07 Å². The van der Waals surface area contributed by atoms with Gasteiger partial charge in [0, 0.05) is 36.3 Å². The minimum absolute atomic E-state index is 0.00821. The minimum atomic E-state index is -0.0986. The Morgan fingerprint density at radius 3 is 2.65 bits per heavy atom. The lowest BCUT2D eigenvalue weighted by atomic mass is 10.0. The van der Waals surface area contributed by atoms with Crippen molar-refractivity contribution < 1.29 is 4.79 Å². The highest BCUT2D eigenvalue weighted by molar-refractivity contribution is 7.08. The molecule has 0 atom stereocenters. The molecular formula is C19H18N4O2S. The Morgan fingerprint density at radius 1 is 1.12 bits per heavy atom. The quantitative estimate of drug-likeness (QED) is 0.715. The summed E-state index contributed by atoms with van der Waals surface area (Å²) < 4.78 is 1.58. The molecule has 6 nitrogen and oxygen atoms in total. The summed E-state index contributed by atoms with van der Waals surface area (Å²) in [6.07, 6.45) is 3.04. The van der Waals surface area contributed by atoms with Crippen LogP contribution in [-0.4, -0.2) is 38.7 Å². The summed E-state index contributed by atoms with van der Waals surface area (Å²) in [7, 11) is 0. The van der Waals surface area contributed by atoms with Crippen LogP contribution >= 0.6 is 11.3 Å². The van der Waals surface area contributed by atoms with Crippen molar-refractivity contribution in [1.82, 2.24) is 19.7 Å². The van der Waals surface area contributed by atoms with Gasteiger partial charge in [-0.25, -0.2) is 4.68 Å². The van der Waals surface area contributed by atoms with Crippen LogP contribution in [0.3, 0.4) is 0 Å². The van der Waals surface area contributed by atoms with E-state index in [0.29, 0.717) is 31.6 Å². The molecule has 7 heteroatoms. The summed E-state index contributed by atoms with van der Waals surface area (Å²) in [4.78, 5) is 30.7. The molecule has 0 saturated carbocycles. The Kier molecular flexibility index (Phi) is 4.62. The van der Waals surface area contributed by atoms with Crippen LogP contribution in [0.2, 0.25) is 0 Å². The number of hydrogen-bond acceptors (Lipinski definition) is 5. The van der Waals surface area contributed by atoms with E-state index in [0.717, 1.165) is 11.3 Å². The maximum absolute atomic E-state index is 12.5. The molecule has 0 bridgehead atoms. The molecule has 0 spiro atoms. The highest BCUT2D eigenvalue weighted by atomic mass is 32.1. The number of hydrogen-bond donors (Lipinski definition) is 0. The van der Waals surface area contributed by atoms with E-state index in [2.05, 4.69) is 10.1 Å². The normalized spacial score (nSPS) is 15.2. The number of nitrogens with zero attached hydrogens (tertiary/aromatic N) is 4. The fourth-order valence-corrected chi connectivity index (χ4v) is 3.87. The zero-order chi connectivity index (χ0) is 17.9. The van der Waals surface area contributed by atoms with Gasteiger partial charge in [-0.2, -0.15) is 16.4 Å². The molecule has 1 amide bonds. The van der Waals surface area contributed by atoms with Crippen molar-refractivity contribution in [2.24, 2.45) is 0 Å². The number of pyridine rings is 1. The lowest BCUT2D eigenvalue weighted by Gasteiger charge is -2.32. The summed E-state index contributed by atoms with van der Waals surface area (Å²) in [6, 6.07) is 10.7. The predicted octanol–water partition coefficient (Wildman–Crippen LogP) is 2.84. The van der Waals surface area contributed by atoms with E-state index in [4.69, 9.17) is 0 Å². The molecule has 1 fully saturated rings. The maximum Gasteiger partial charge on any atom is 0.272 e. The molecule has 0 aliphatic carbocycles. The fraction of sp³-hybridized carbons (Fsp3) is 0.263. The molecule has 26 heavy (non-hydrogen) atoms. The van der Waals surface area contributed by atoms with E-state index in [9.17, 15) is 9.59 Å². The Labute approximate surface area is 154 Å². The van der Waals surface area contributed by atoms with E-state index in [1.54, 1.807) is 51.4 Å². The van der Waals surface area contributed by atoms with Gasteiger partial charge in [0.15, 0.2) is 0 Å². The first-order valence-electron chi connectivity index (χ1n) is 8.55. The first-order chi connectivity index (χ1) is 12.7. The predicted molar refractivity (Wildman–Crippen MR) is 100 cm³/mol. The van der Waals surface area contributed by atoms with Crippen molar-refractivity contribution >= 4 is 17.2 Å². The second-order valence-electron chi connectivity index (χ2n) is 6.25. The molecule has 3 aromatic heterocycles. The number of aromatic nitrogens is 3. The van der Waals surface area contributed by atoms with E-state index in [1.165, 1.54) is 0 Å². The smallest absolute Gasteiger partial charge is 0.272 e. The van der Waals surface area contributed by atoms with Crippen LogP contribution in [0.4, 0.5) is 0 Å². The summed E-state index contributed by atoms with van der Waals surface area (Å²) in [5, 5.41) is 8.57. The standard InChI is InChI=1S/C19H18N4O2S/c24-18-5-4-16(14-8-12-26-13-14)21-23(18)15-6-10-22(11-7-15)19(25)17-3-1-2-9-20-17/h1-5,8-9,12-13,15H,6-7,10-11H2. The second-order valence-corrected chi connectivity index (χ2v) is 7.03. The molecule has 0 unspecified atom stereocenters. The topological polar surface area (TPSA) is 68.1 Å². The van der Waals surface area contributed by atoms with Gasteiger partial charge in [-0.3, -0.25) is 14.6 Å². The number of thiophene rings is 1. The summed E-state index contributed by atoms with van der Waals surface area (Å²) in [5.41, 5.74) is 2.18. The van der Waals surface area contributed by atoms with Crippen LogP contribution in [0.25, 0.3) is 11.3 Å². The van der Waals surface area contributed by atoms with Crippen molar-refractivity contribution in [2.45, 2.75) is 18.9 Å². The van der Waals surface area contributed by atoms with Gasteiger partial charge in [-0.15, -0.1) is 0 Å². The van der Waals surface area contributed by atoms with E-state index in [1.807, 2.05) is 22.9 Å². The van der Waals surface area contributed by atoms with Crippen molar-refractivity contribution in [1.29, 1.82) is 0 Å². The SMILES string of the molecule is O=C(c1ccccn1)N1CCC(n2nc(-c3ccsc3)ccc2=O)CC1. The summed E-state index contributed by atoms with van der Waals surface area (Å²) in [5.74, 6) is -0.0589. The molecule has 3 aromatic rings. The number of rotatable bonds is 3. The van der Waals surface area contributed by atoms with Crippen LogP contribution in [0.15, 0.2) is 58.1 Å². The second kappa shape index (κ2) is 7.21. The van der Waals surface area contributed by atoms with Gasteiger partial charge in [-0.05, 0) is 42.5 Å². The molecule has 0 radical (unpaired) electrons. The molecule has 4 rings (SSSR count). The monoisotopic (exact) mass is 366 g/mol. The van der Waals surface area contributed by atoms with Gasteiger partial charge in [0.05, 0.1) is 11.7 Å². The Morgan fingerprint density at radius 2 is 1.96 bits per heavy atom. The zero-order valence-electron chi connectivity index (χ0n) is 14.1. The van der Waals surface area contributed by atoms with Crippen LogP contribution < -0.4 is 5.56 Å². The van der Waals surface area contributed by atoms with Gasteiger partial charge < -0.3 is 4.90 Å². The largest absolute Gasteiger partial charge is 0.337 e. The highest BCUT2D eigenvalue weighted by Gasteiger charge is 2.26. The molecule has 132 valence electrons. The molecule has 0 N–H and O–H groups in total. The molecular weight excluding hydrogens is 348 g/mol. The Balaban J connectivity index is 1.49. The van der Waals surface area contributed by atoms with Crippen molar-refractivity contribution in [3.05, 3.63) is 69.4 Å². The van der Waals surface area contributed by atoms with Crippen molar-refractivity contribution in [3.63, 3.8) is 0 Å². The Hall–Kier alpha value is -2.80. The van der Waals surface area contributed by atoms with Crippen LogP contribution in [0.1, 0.15) is 29.4 Å². The van der Waals surface area contributed by atoms with E-state index >= 15 is 0 Å². The minimum Gasteiger partial charge on any atom is -0.337 e. The first-order valence-corrected chi connectivity index (χ1v) is 9.49. The van der Waals surface area contributed by atoms with Gasteiger partial charge >= 0.3 is 0 Å². The number of piperidine rings is 1. The van der Waals surface area contributed by atoms with Crippen molar-refractivity contribution in [2.75, 3.05) is 13.1 Å². The van der Waals surface area contributed by atoms with E-state index in [-0.39, 0.29) is 17.5 Å². The first kappa shape index (κ1) is 16.7. The van der Waals surface area contributed by atoms with Gasteiger partial charge in [0.1, 0.15) is 5.69 Å². The summed E-state index contributed by atoms with van der Waals surface area (Å²) in [6.45, 7) is 1.19. The molecule has 1 aliphatic heterocycles. The van der Waals surface area contributed by atoms with Crippen LogP contribution in [-0.2, 0) is 0 Å². The van der Waals surface area contributed by atoms with Gasteiger partial charge in [0.25, 0.3) is 11.5 Å². The summed E-state index contributed by atoms with van der Waals surface area (Å²) >= 11 is 1.60. The van der Waals surface area contributed by atoms with Crippen molar-refractivity contribution in [3.8, 4) is 11.3 Å². The molecule has 4 heterocycles. The third kappa shape index (κ3) is 3.30. The molecule has 0 aromatic carbocycles. The number of carbonyl (C=O) groups excluding carboxylic acids is 1. The third-order valence-electron chi connectivity index (χ3n) is 4.62. The van der Waals surface area contributed by atoms with E-state index < -0.39 is 0 Å². The number of carbonyl (C=O) groups is 1. The zero-order valence-corrected chi connectivity index (χ0v) is 14.9. The fourth-order valence-electron chi connectivity index (χ4n) is 3.22. The number of likely N-dealkylation sites (tertiary alicyclic amines) is 1. The number of amides is 1. The maximum atomic E-state index is 12.5. The molecule has 1 aliphatic rings. The lowest BCUT2D eigenvalue weighted by Crippen LogP contribution is -2.41. The highest BCUT2D eigenvalue weighted by Crippen LogP contribution is 2.23. The Bertz CT molecular complexity index is 945. The van der Waals surface area contributed by atoms with Crippen LogP contribution in [0, 0.1) is 0 Å². The van der Waals surface area contributed by atoms with Crippen LogP contribution in [0.5, 0.6) is 0 Å². The molecule has 1 saturated heterocycles. The third-order valence-corrected chi connectivity index (χ3v) is 5.31. The van der Waals surface area contributed by atoms with Gasteiger partial charge in [0.2, 0.25) is 0 Å². The average Bonchev–Trinajstić information content (AvgIpc) is 3.23. The lowest BCUT2D eigenvalue weighted by molar-refractivity contribution is 0.0682.